The van der Waals surface area contributed by atoms with Crippen molar-refractivity contribution in [1.82, 2.24) is 9.97 Å². The Balaban J connectivity index is 2.07. The standard InChI is InChI=1S/C14H24N4O2/c1-10-5-4-6-14(19,7-10)8-16-13-11(20-3)12(15-2)17-9-18-13/h9-10,19H,4-8H2,1-3H3,(H2,15,16,17,18). The normalized spacial score (nSPS) is 26.1. The van der Waals surface area contributed by atoms with Crippen molar-refractivity contribution in [3.8, 4) is 5.75 Å². The molecule has 0 aromatic carbocycles. The Morgan fingerprint density at radius 1 is 1.45 bits per heavy atom. The maximum Gasteiger partial charge on any atom is 0.204 e. The Hall–Kier alpha value is -1.56. The molecular formula is C14H24N4O2. The first-order chi connectivity index (χ1) is 9.58. The molecule has 1 aromatic heterocycles. The predicted molar refractivity (Wildman–Crippen MR) is 79.2 cm³/mol. The van der Waals surface area contributed by atoms with Crippen molar-refractivity contribution in [1.29, 1.82) is 0 Å². The number of ether oxygens (including phenoxy) is 1. The van der Waals surface area contributed by atoms with E-state index in [4.69, 9.17) is 4.74 Å². The van der Waals surface area contributed by atoms with E-state index in [2.05, 4.69) is 27.5 Å². The molecule has 0 saturated heterocycles. The molecule has 1 aromatic rings. The zero-order chi connectivity index (χ0) is 14.6. The highest BCUT2D eigenvalue weighted by Gasteiger charge is 2.32. The first-order valence-electron chi connectivity index (χ1n) is 7.11. The third-order valence-corrected chi connectivity index (χ3v) is 3.90. The summed E-state index contributed by atoms with van der Waals surface area (Å²) in [4.78, 5) is 8.30. The lowest BCUT2D eigenvalue weighted by atomic mass is 9.79. The van der Waals surface area contributed by atoms with Crippen molar-refractivity contribution in [3.05, 3.63) is 6.33 Å². The third-order valence-electron chi connectivity index (χ3n) is 3.90. The quantitative estimate of drug-likeness (QED) is 0.764. The highest BCUT2D eigenvalue weighted by atomic mass is 16.5. The van der Waals surface area contributed by atoms with Crippen LogP contribution in [0.2, 0.25) is 0 Å². The number of nitrogens with one attached hydrogen (secondary N) is 2. The molecule has 1 heterocycles. The fourth-order valence-electron chi connectivity index (χ4n) is 2.91. The van der Waals surface area contributed by atoms with Crippen molar-refractivity contribution < 1.29 is 9.84 Å². The first-order valence-corrected chi connectivity index (χ1v) is 7.11. The summed E-state index contributed by atoms with van der Waals surface area (Å²) in [6.45, 7) is 2.67. The molecule has 1 aliphatic rings. The summed E-state index contributed by atoms with van der Waals surface area (Å²) < 4.78 is 5.33. The molecule has 6 nitrogen and oxygen atoms in total. The number of hydrogen-bond donors (Lipinski definition) is 3. The van der Waals surface area contributed by atoms with Gasteiger partial charge in [-0.3, -0.25) is 0 Å². The molecule has 112 valence electrons. The number of aromatic nitrogens is 2. The van der Waals surface area contributed by atoms with Gasteiger partial charge < -0.3 is 20.5 Å². The first kappa shape index (κ1) is 14.8. The van der Waals surface area contributed by atoms with Gasteiger partial charge in [-0.15, -0.1) is 0 Å². The molecule has 1 fully saturated rings. The second-order valence-corrected chi connectivity index (χ2v) is 5.63. The highest BCUT2D eigenvalue weighted by molar-refractivity contribution is 5.63. The summed E-state index contributed by atoms with van der Waals surface area (Å²) in [5, 5.41) is 16.8. The fourth-order valence-corrected chi connectivity index (χ4v) is 2.91. The van der Waals surface area contributed by atoms with Gasteiger partial charge in [-0.05, 0) is 18.8 Å². The van der Waals surface area contributed by atoms with Crippen LogP contribution >= 0.6 is 0 Å². The number of aliphatic hydroxyl groups is 1. The fraction of sp³-hybridized carbons (Fsp3) is 0.714. The van der Waals surface area contributed by atoms with Gasteiger partial charge in [0.15, 0.2) is 11.6 Å². The van der Waals surface area contributed by atoms with Gasteiger partial charge in [0.2, 0.25) is 5.75 Å². The molecule has 0 spiro atoms. The molecule has 0 amide bonds. The molecule has 0 bridgehead atoms. The summed E-state index contributed by atoms with van der Waals surface area (Å²) >= 11 is 0. The topological polar surface area (TPSA) is 79.3 Å². The SMILES string of the molecule is CNc1ncnc(NCC2(O)CCCC(C)C2)c1OC. The van der Waals surface area contributed by atoms with Crippen LogP contribution in [0.5, 0.6) is 5.75 Å². The van der Waals surface area contributed by atoms with Crippen LogP contribution in [0.1, 0.15) is 32.6 Å². The lowest BCUT2D eigenvalue weighted by Gasteiger charge is -2.35. The van der Waals surface area contributed by atoms with Crippen molar-refractivity contribution in [3.63, 3.8) is 0 Å². The van der Waals surface area contributed by atoms with E-state index in [9.17, 15) is 5.11 Å². The summed E-state index contributed by atoms with van der Waals surface area (Å²) in [5.41, 5.74) is -0.659. The predicted octanol–water partition coefficient (Wildman–Crippen LogP) is 1.88. The molecule has 20 heavy (non-hydrogen) atoms. The largest absolute Gasteiger partial charge is 0.490 e. The lowest BCUT2D eigenvalue weighted by molar-refractivity contribution is -0.000855. The van der Waals surface area contributed by atoms with Crippen molar-refractivity contribution in [2.24, 2.45) is 5.92 Å². The summed E-state index contributed by atoms with van der Waals surface area (Å²) in [6.07, 6.45) is 5.40. The molecule has 1 aliphatic carbocycles. The van der Waals surface area contributed by atoms with Crippen LogP contribution in [0.25, 0.3) is 0 Å². The number of anilines is 2. The lowest BCUT2D eigenvalue weighted by Crippen LogP contribution is -2.41. The maximum atomic E-state index is 10.6. The van der Waals surface area contributed by atoms with E-state index >= 15 is 0 Å². The molecule has 2 unspecified atom stereocenters. The molecule has 0 aliphatic heterocycles. The average Bonchev–Trinajstić information content (AvgIpc) is 2.44. The van der Waals surface area contributed by atoms with Crippen LogP contribution in [0.15, 0.2) is 6.33 Å². The molecule has 6 heteroatoms. The second-order valence-electron chi connectivity index (χ2n) is 5.63. The van der Waals surface area contributed by atoms with Crippen LogP contribution in [0.4, 0.5) is 11.6 Å². The molecule has 3 N–H and O–H groups in total. The van der Waals surface area contributed by atoms with E-state index < -0.39 is 5.60 Å². The minimum atomic E-state index is -0.659. The van der Waals surface area contributed by atoms with Gasteiger partial charge in [0.05, 0.1) is 12.7 Å². The van der Waals surface area contributed by atoms with Crippen LogP contribution in [-0.4, -0.2) is 41.4 Å². The van der Waals surface area contributed by atoms with E-state index in [1.165, 1.54) is 12.7 Å². The van der Waals surface area contributed by atoms with Gasteiger partial charge in [-0.2, -0.15) is 0 Å². The van der Waals surface area contributed by atoms with Crippen molar-refractivity contribution >= 4 is 11.6 Å². The summed E-state index contributed by atoms with van der Waals surface area (Å²) in [5.74, 6) is 2.38. The zero-order valence-corrected chi connectivity index (χ0v) is 12.4. The van der Waals surface area contributed by atoms with E-state index in [0.717, 1.165) is 19.3 Å². The number of hydrogen-bond acceptors (Lipinski definition) is 6. The average molecular weight is 280 g/mol. The monoisotopic (exact) mass is 280 g/mol. The Bertz CT molecular complexity index is 455. The maximum absolute atomic E-state index is 10.6. The molecule has 1 saturated carbocycles. The van der Waals surface area contributed by atoms with Crippen molar-refractivity contribution in [2.45, 2.75) is 38.2 Å². The van der Waals surface area contributed by atoms with Crippen LogP contribution in [0.3, 0.4) is 0 Å². The van der Waals surface area contributed by atoms with E-state index in [1.807, 2.05) is 0 Å². The molecule has 2 rings (SSSR count). The molecular weight excluding hydrogens is 256 g/mol. The summed E-state index contributed by atoms with van der Waals surface area (Å²) in [7, 11) is 3.37. The van der Waals surface area contributed by atoms with Gasteiger partial charge in [-0.25, -0.2) is 9.97 Å². The van der Waals surface area contributed by atoms with Crippen molar-refractivity contribution in [2.75, 3.05) is 31.3 Å². The zero-order valence-electron chi connectivity index (χ0n) is 12.4. The number of methoxy groups -OCH3 is 1. The van der Waals surface area contributed by atoms with Crippen LogP contribution in [-0.2, 0) is 0 Å². The number of rotatable bonds is 5. The van der Waals surface area contributed by atoms with Crippen LogP contribution in [0, 0.1) is 5.92 Å². The third kappa shape index (κ3) is 3.30. The van der Waals surface area contributed by atoms with Crippen LogP contribution < -0.4 is 15.4 Å². The van der Waals surface area contributed by atoms with Gasteiger partial charge in [-0.1, -0.05) is 19.8 Å². The number of nitrogens with zero attached hydrogens (tertiary/aromatic N) is 2. The van der Waals surface area contributed by atoms with E-state index in [0.29, 0.717) is 29.8 Å². The van der Waals surface area contributed by atoms with Gasteiger partial charge >= 0.3 is 0 Å². The Morgan fingerprint density at radius 3 is 2.85 bits per heavy atom. The van der Waals surface area contributed by atoms with E-state index in [-0.39, 0.29) is 0 Å². The Labute approximate surface area is 120 Å². The highest BCUT2D eigenvalue weighted by Crippen LogP contribution is 2.34. The van der Waals surface area contributed by atoms with E-state index in [1.54, 1.807) is 14.2 Å². The minimum absolute atomic E-state index is 0.480. The van der Waals surface area contributed by atoms with Gasteiger partial charge in [0.25, 0.3) is 0 Å². The minimum Gasteiger partial charge on any atom is -0.490 e. The van der Waals surface area contributed by atoms with Gasteiger partial charge in [0.1, 0.15) is 6.33 Å². The smallest absolute Gasteiger partial charge is 0.204 e. The molecule has 0 radical (unpaired) electrons. The second kappa shape index (κ2) is 6.26. The Kier molecular flexibility index (Phi) is 4.65. The molecule has 2 atom stereocenters. The van der Waals surface area contributed by atoms with Gasteiger partial charge in [0, 0.05) is 13.6 Å². The Morgan fingerprint density at radius 2 is 2.20 bits per heavy atom. The summed E-state index contributed by atoms with van der Waals surface area (Å²) in [6, 6.07) is 0.